The molecule has 0 radical (unpaired) electrons. The van der Waals surface area contributed by atoms with Crippen molar-refractivity contribution in [3.05, 3.63) is 83.0 Å². The Kier molecular flexibility index (Phi) is 5.07. The molecule has 2 aromatic heterocycles. The van der Waals surface area contributed by atoms with Gasteiger partial charge >= 0.3 is 0 Å². The smallest absolute Gasteiger partial charge is 0.277 e. The van der Waals surface area contributed by atoms with Crippen LogP contribution in [0.15, 0.2) is 71.9 Å². The number of carbonyl (C=O) groups is 1. The van der Waals surface area contributed by atoms with Crippen molar-refractivity contribution in [2.24, 2.45) is 0 Å². The van der Waals surface area contributed by atoms with Crippen LogP contribution in [0.5, 0.6) is 11.5 Å². The monoisotopic (exact) mass is 472 g/mol. The van der Waals surface area contributed by atoms with E-state index >= 15 is 0 Å². The Bertz CT molecular complexity index is 1480. The van der Waals surface area contributed by atoms with Crippen LogP contribution in [0.25, 0.3) is 16.6 Å². The third kappa shape index (κ3) is 3.93. The number of ether oxygens (including phenoxy) is 2. The number of aliphatic hydroxyl groups is 1. The van der Waals surface area contributed by atoms with E-state index in [4.69, 9.17) is 9.47 Å². The summed E-state index contributed by atoms with van der Waals surface area (Å²) in [4.78, 5) is 27.7. The molecule has 1 N–H and O–H groups in total. The normalized spacial score (nSPS) is 16.5. The van der Waals surface area contributed by atoms with Gasteiger partial charge in [0.05, 0.1) is 12.1 Å². The first-order valence-electron chi connectivity index (χ1n) is 11.5. The molecule has 35 heavy (non-hydrogen) atoms. The highest BCUT2D eigenvalue weighted by Crippen LogP contribution is 2.36. The Morgan fingerprint density at radius 3 is 2.66 bits per heavy atom. The number of hydrogen-bond donors (Lipinski definition) is 1. The number of hydrogen-bond acceptors (Lipinski definition) is 6. The van der Waals surface area contributed by atoms with Crippen molar-refractivity contribution in [3.8, 4) is 22.6 Å². The van der Waals surface area contributed by atoms with Gasteiger partial charge in [0, 0.05) is 24.8 Å². The molecule has 0 atom stereocenters. The van der Waals surface area contributed by atoms with Gasteiger partial charge in [0.15, 0.2) is 11.5 Å². The second kappa shape index (κ2) is 8.28. The van der Waals surface area contributed by atoms with Crippen molar-refractivity contribution in [2.75, 3.05) is 19.9 Å². The summed E-state index contributed by atoms with van der Waals surface area (Å²) < 4.78 is 13.8. The first-order valence-corrected chi connectivity index (χ1v) is 11.5. The number of aromatic nitrogens is 3. The molecule has 1 fully saturated rings. The molecule has 1 saturated heterocycles. The predicted molar refractivity (Wildman–Crippen MR) is 128 cm³/mol. The van der Waals surface area contributed by atoms with Crippen molar-refractivity contribution in [1.29, 1.82) is 0 Å². The van der Waals surface area contributed by atoms with Crippen molar-refractivity contribution in [3.63, 3.8) is 0 Å². The number of benzene rings is 2. The van der Waals surface area contributed by atoms with E-state index in [0.29, 0.717) is 48.5 Å². The molecule has 178 valence electrons. The molecule has 0 unspecified atom stereocenters. The zero-order chi connectivity index (χ0) is 24.0. The molecular formula is C26H24N4O5. The molecule has 2 aromatic carbocycles. The lowest BCUT2D eigenvalue weighted by molar-refractivity contribution is -0.0300. The number of fused-ring (bicyclic) bond motifs is 2. The fourth-order valence-electron chi connectivity index (χ4n) is 4.76. The summed E-state index contributed by atoms with van der Waals surface area (Å²) in [5.41, 5.74) is 1.63. The maximum absolute atomic E-state index is 13.2. The van der Waals surface area contributed by atoms with E-state index in [1.165, 1.54) is 15.4 Å². The summed E-state index contributed by atoms with van der Waals surface area (Å²) in [5.74, 6) is 1.33. The van der Waals surface area contributed by atoms with Gasteiger partial charge in [-0.05, 0) is 60.4 Å². The number of likely N-dealkylation sites (tertiary alicyclic amines) is 1. The fraction of sp³-hybridized carbons (Fsp3) is 0.269. The van der Waals surface area contributed by atoms with Gasteiger partial charge in [-0.25, -0.2) is 4.52 Å². The van der Waals surface area contributed by atoms with Crippen LogP contribution < -0.4 is 15.0 Å². The molecule has 0 aliphatic carbocycles. The third-order valence-corrected chi connectivity index (χ3v) is 6.79. The molecule has 2 aliphatic rings. The van der Waals surface area contributed by atoms with Crippen LogP contribution >= 0.6 is 0 Å². The summed E-state index contributed by atoms with van der Waals surface area (Å²) in [6.45, 7) is 1.16. The summed E-state index contributed by atoms with van der Waals surface area (Å²) in [5, 5.41) is 15.4. The second-order valence-corrected chi connectivity index (χ2v) is 9.07. The van der Waals surface area contributed by atoms with Gasteiger partial charge in [-0.15, -0.1) is 0 Å². The Morgan fingerprint density at radius 2 is 1.80 bits per heavy atom. The molecule has 0 spiro atoms. The van der Waals surface area contributed by atoms with E-state index < -0.39 is 5.60 Å². The Morgan fingerprint density at radius 1 is 1.00 bits per heavy atom. The van der Waals surface area contributed by atoms with Crippen LogP contribution in [0.4, 0.5) is 0 Å². The number of rotatable bonds is 4. The molecule has 4 aromatic rings. The number of nitrogens with zero attached hydrogens (tertiary/aromatic N) is 4. The minimum absolute atomic E-state index is 0.0805. The van der Waals surface area contributed by atoms with E-state index in [1.54, 1.807) is 29.3 Å². The van der Waals surface area contributed by atoms with E-state index in [-0.39, 0.29) is 24.8 Å². The van der Waals surface area contributed by atoms with Crippen LogP contribution in [0.2, 0.25) is 0 Å². The highest BCUT2D eigenvalue weighted by molar-refractivity contribution is 5.95. The molecule has 0 bridgehead atoms. The standard InChI is InChI=1S/C26H24N4O5/c31-24(20-4-1-3-18(13-20)19-6-7-22-23(14-19)35-17-34-22)28-11-8-26(33,9-12-28)15-29-16-27-30-10-2-5-21(30)25(29)32/h1-7,10,13-14,16,33H,8-9,11-12,15,17H2. The van der Waals surface area contributed by atoms with E-state index in [1.807, 2.05) is 36.4 Å². The average molecular weight is 473 g/mol. The van der Waals surface area contributed by atoms with E-state index in [0.717, 1.165) is 11.1 Å². The Balaban J connectivity index is 1.15. The van der Waals surface area contributed by atoms with Crippen LogP contribution in [0.1, 0.15) is 23.2 Å². The second-order valence-electron chi connectivity index (χ2n) is 9.07. The number of piperidine rings is 1. The highest BCUT2D eigenvalue weighted by Gasteiger charge is 2.35. The van der Waals surface area contributed by atoms with E-state index in [2.05, 4.69) is 5.10 Å². The molecule has 4 heterocycles. The quantitative estimate of drug-likeness (QED) is 0.490. The number of amides is 1. The highest BCUT2D eigenvalue weighted by atomic mass is 16.7. The Hall–Kier alpha value is -4.11. The van der Waals surface area contributed by atoms with Gasteiger partial charge in [0.2, 0.25) is 6.79 Å². The van der Waals surface area contributed by atoms with Crippen LogP contribution in [-0.2, 0) is 6.54 Å². The van der Waals surface area contributed by atoms with Crippen molar-refractivity contribution >= 4 is 11.4 Å². The minimum atomic E-state index is -1.08. The maximum Gasteiger partial charge on any atom is 0.277 e. The topological polar surface area (TPSA) is 98.3 Å². The van der Waals surface area contributed by atoms with Gasteiger partial charge in [0.25, 0.3) is 11.5 Å². The average Bonchev–Trinajstić information content (AvgIpc) is 3.55. The summed E-state index contributed by atoms with van der Waals surface area (Å²) >= 11 is 0. The molecule has 9 nitrogen and oxygen atoms in total. The van der Waals surface area contributed by atoms with Gasteiger partial charge < -0.3 is 19.5 Å². The molecule has 2 aliphatic heterocycles. The van der Waals surface area contributed by atoms with Crippen molar-refractivity contribution in [2.45, 2.75) is 25.0 Å². The largest absolute Gasteiger partial charge is 0.454 e. The zero-order valence-electron chi connectivity index (χ0n) is 19.0. The van der Waals surface area contributed by atoms with Crippen LogP contribution in [0, 0.1) is 0 Å². The Labute approximate surface area is 200 Å². The third-order valence-electron chi connectivity index (χ3n) is 6.79. The van der Waals surface area contributed by atoms with Crippen LogP contribution in [0.3, 0.4) is 0 Å². The first kappa shape index (κ1) is 21.4. The van der Waals surface area contributed by atoms with Crippen LogP contribution in [-0.4, -0.2) is 55.6 Å². The van der Waals surface area contributed by atoms with Gasteiger partial charge in [-0.1, -0.05) is 18.2 Å². The van der Waals surface area contributed by atoms with Gasteiger partial charge in [-0.2, -0.15) is 5.10 Å². The lowest BCUT2D eigenvalue weighted by atomic mass is 9.90. The maximum atomic E-state index is 13.2. The summed E-state index contributed by atoms with van der Waals surface area (Å²) in [6, 6.07) is 16.7. The summed E-state index contributed by atoms with van der Waals surface area (Å²) in [7, 11) is 0. The van der Waals surface area contributed by atoms with Gasteiger partial charge in [-0.3, -0.25) is 14.2 Å². The lowest BCUT2D eigenvalue weighted by Gasteiger charge is -2.38. The van der Waals surface area contributed by atoms with Crippen molar-refractivity contribution < 1.29 is 19.4 Å². The molecule has 1 amide bonds. The minimum Gasteiger partial charge on any atom is -0.454 e. The fourth-order valence-corrected chi connectivity index (χ4v) is 4.76. The lowest BCUT2D eigenvalue weighted by Crippen LogP contribution is -2.49. The SMILES string of the molecule is O=C(c1cccc(-c2ccc3c(c2)OCO3)c1)N1CCC(O)(Cn2cnn3cccc3c2=O)CC1. The van der Waals surface area contributed by atoms with Gasteiger partial charge in [0.1, 0.15) is 11.8 Å². The summed E-state index contributed by atoms with van der Waals surface area (Å²) in [6.07, 6.45) is 3.91. The predicted octanol–water partition coefficient (Wildman–Crippen LogP) is 2.56. The zero-order valence-corrected chi connectivity index (χ0v) is 19.0. The molecule has 6 rings (SSSR count). The molecule has 9 heteroatoms. The molecule has 0 saturated carbocycles. The number of carbonyl (C=O) groups excluding carboxylic acids is 1. The van der Waals surface area contributed by atoms with E-state index in [9.17, 15) is 14.7 Å². The van der Waals surface area contributed by atoms with Crippen molar-refractivity contribution in [1.82, 2.24) is 19.1 Å². The molecular weight excluding hydrogens is 448 g/mol. The first-order chi connectivity index (χ1) is 17.0.